The molecule has 0 aliphatic rings. The van der Waals surface area contributed by atoms with Gasteiger partial charge in [0.05, 0.1) is 26.7 Å². The van der Waals surface area contributed by atoms with Crippen LogP contribution in [0.5, 0.6) is 0 Å². The Labute approximate surface area is 107 Å². The molecule has 0 radical (unpaired) electrons. The number of aromatic nitrogens is 1. The van der Waals surface area contributed by atoms with Crippen molar-refractivity contribution in [1.82, 2.24) is 4.98 Å². The topological polar surface area (TPSA) is 65.2 Å². The van der Waals surface area contributed by atoms with Crippen LogP contribution in [0, 0.1) is 0 Å². The van der Waals surface area contributed by atoms with Gasteiger partial charge in [0.2, 0.25) is 0 Å². The van der Waals surface area contributed by atoms with Crippen molar-refractivity contribution >= 4 is 34.6 Å². The fourth-order valence-electron chi connectivity index (χ4n) is 1.20. The number of esters is 1. The van der Waals surface area contributed by atoms with Gasteiger partial charge in [0.15, 0.2) is 0 Å². The molecule has 2 rings (SSSR count). The molecule has 0 saturated carbocycles. The highest BCUT2D eigenvalue weighted by Crippen LogP contribution is 2.20. The number of anilines is 1. The zero-order valence-electron chi connectivity index (χ0n) is 8.72. The van der Waals surface area contributed by atoms with Crippen molar-refractivity contribution in [2.24, 2.45) is 0 Å². The summed E-state index contributed by atoms with van der Waals surface area (Å²) in [5, 5.41) is 0.420. The molecule has 0 bridgehead atoms. The normalized spacial score (nSPS) is 10.2. The third-order valence-corrected chi connectivity index (χ3v) is 3.16. The lowest BCUT2D eigenvalue weighted by atomic mass is 10.2. The van der Waals surface area contributed by atoms with E-state index in [1.54, 1.807) is 23.8 Å². The highest BCUT2D eigenvalue weighted by molar-refractivity contribution is 7.09. The number of nitrogen functional groups attached to an aromatic ring is 1. The van der Waals surface area contributed by atoms with E-state index >= 15 is 0 Å². The van der Waals surface area contributed by atoms with Crippen LogP contribution in [0.25, 0.3) is 0 Å². The van der Waals surface area contributed by atoms with Crippen molar-refractivity contribution < 1.29 is 9.53 Å². The van der Waals surface area contributed by atoms with Gasteiger partial charge in [-0.1, -0.05) is 11.6 Å². The van der Waals surface area contributed by atoms with Gasteiger partial charge in [-0.2, -0.15) is 0 Å². The van der Waals surface area contributed by atoms with Gasteiger partial charge in [-0.15, -0.1) is 11.3 Å². The summed E-state index contributed by atoms with van der Waals surface area (Å²) < 4.78 is 5.10. The van der Waals surface area contributed by atoms with Crippen molar-refractivity contribution in [1.29, 1.82) is 0 Å². The average Bonchev–Trinajstić information content (AvgIpc) is 2.82. The van der Waals surface area contributed by atoms with Crippen LogP contribution in [0.3, 0.4) is 0 Å². The third-order valence-electron chi connectivity index (χ3n) is 2.06. The minimum Gasteiger partial charge on any atom is -0.456 e. The molecule has 2 aromatic rings. The fraction of sp³-hybridized carbons (Fsp3) is 0.0909. The maximum atomic E-state index is 11.7. The molecule has 0 aliphatic carbocycles. The molecular weight excluding hydrogens is 260 g/mol. The van der Waals surface area contributed by atoms with Crippen LogP contribution < -0.4 is 5.73 Å². The molecule has 1 aromatic heterocycles. The SMILES string of the molecule is Nc1cc(C(=O)OCc2cncs2)ccc1Cl. The van der Waals surface area contributed by atoms with E-state index in [9.17, 15) is 4.79 Å². The monoisotopic (exact) mass is 268 g/mol. The third kappa shape index (κ3) is 2.95. The highest BCUT2D eigenvalue weighted by atomic mass is 35.5. The number of rotatable bonds is 3. The Morgan fingerprint density at radius 1 is 1.53 bits per heavy atom. The minimum atomic E-state index is -0.429. The largest absolute Gasteiger partial charge is 0.456 e. The number of hydrogen-bond donors (Lipinski definition) is 1. The summed E-state index contributed by atoms with van der Waals surface area (Å²) in [4.78, 5) is 16.4. The summed E-state index contributed by atoms with van der Waals surface area (Å²) in [6, 6.07) is 4.64. The van der Waals surface area contributed by atoms with E-state index in [2.05, 4.69) is 4.98 Å². The zero-order valence-corrected chi connectivity index (χ0v) is 10.3. The van der Waals surface area contributed by atoms with E-state index < -0.39 is 5.97 Å². The van der Waals surface area contributed by atoms with Crippen molar-refractivity contribution in [3.63, 3.8) is 0 Å². The lowest BCUT2D eigenvalue weighted by Gasteiger charge is -2.04. The Bertz CT molecular complexity index is 528. The van der Waals surface area contributed by atoms with Gasteiger partial charge in [-0.3, -0.25) is 4.98 Å². The fourth-order valence-corrected chi connectivity index (χ4v) is 1.83. The Balaban J connectivity index is 2.02. The number of carbonyl (C=O) groups excluding carboxylic acids is 1. The van der Waals surface area contributed by atoms with Gasteiger partial charge in [0.25, 0.3) is 0 Å². The molecule has 0 saturated heterocycles. The summed E-state index contributed by atoms with van der Waals surface area (Å²) in [6.07, 6.45) is 1.66. The predicted octanol–water partition coefficient (Wildman–Crippen LogP) is 2.74. The molecule has 6 heteroatoms. The summed E-state index contributed by atoms with van der Waals surface area (Å²) in [5.74, 6) is -0.429. The zero-order chi connectivity index (χ0) is 12.3. The summed E-state index contributed by atoms with van der Waals surface area (Å²) in [5.41, 5.74) is 8.03. The van der Waals surface area contributed by atoms with Crippen molar-refractivity contribution in [2.45, 2.75) is 6.61 Å². The molecule has 0 fully saturated rings. The molecule has 0 unspecified atom stereocenters. The Morgan fingerprint density at radius 2 is 2.35 bits per heavy atom. The molecule has 0 amide bonds. The van der Waals surface area contributed by atoms with Crippen molar-refractivity contribution in [2.75, 3.05) is 5.73 Å². The lowest BCUT2D eigenvalue weighted by molar-refractivity contribution is 0.0476. The Hall–Kier alpha value is -1.59. The van der Waals surface area contributed by atoms with E-state index in [0.29, 0.717) is 16.3 Å². The number of halogens is 1. The second-order valence-electron chi connectivity index (χ2n) is 3.28. The minimum absolute atomic E-state index is 0.214. The Morgan fingerprint density at radius 3 is 3.00 bits per heavy atom. The van der Waals surface area contributed by atoms with Crippen molar-refractivity contribution in [3.05, 3.63) is 45.4 Å². The number of hydrogen-bond acceptors (Lipinski definition) is 5. The molecule has 0 atom stereocenters. The first-order chi connectivity index (χ1) is 8.16. The predicted molar refractivity (Wildman–Crippen MR) is 67.1 cm³/mol. The van der Waals surface area contributed by atoms with Crippen LogP contribution in [0.15, 0.2) is 29.9 Å². The van der Waals surface area contributed by atoms with E-state index in [0.717, 1.165) is 4.88 Å². The standard InChI is InChI=1S/C11H9ClN2O2S/c12-9-2-1-7(3-10(9)13)11(15)16-5-8-4-14-6-17-8/h1-4,6H,5,13H2. The van der Waals surface area contributed by atoms with Gasteiger partial charge in [-0.05, 0) is 18.2 Å². The van der Waals surface area contributed by atoms with Crippen LogP contribution in [0.1, 0.15) is 15.2 Å². The molecule has 0 aliphatic heterocycles. The lowest BCUT2D eigenvalue weighted by Crippen LogP contribution is -2.05. The molecule has 2 N–H and O–H groups in total. The number of carbonyl (C=O) groups is 1. The number of thiazole rings is 1. The van der Waals surface area contributed by atoms with Crippen LogP contribution in [0.4, 0.5) is 5.69 Å². The van der Waals surface area contributed by atoms with Crippen LogP contribution in [-0.2, 0) is 11.3 Å². The first kappa shape index (κ1) is 11.9. The molecule has 88 valence electrons. The quantitative estimate of drug-likeness (QED) is 0.687. The Kier molecular flexibility index (Phi) is 3.61. The first-order valence-electron chi connectivity index (χ1n) is 4.76. The molecule has 4 nitrogen and oxygen atoms in total. The summed E-state index contributed by atoms with van der Waals surface area (Å²) >= 11 is 7.19. The molecule has 1 heterocycles. The van der Waals surface area contributed by atoms with Crippen molar-refractivity contribution in [3.8, 4) is 0 Å². The summed E-state index contributed by atoms with van der Waals surface area (Å²) in [6.45, 7) is 0.214. The highest BCUT2D eigenvalue weighted by Gasteiger charge is 2.09. The smallest absolute Gasteiger partial charge is 0.338 e. The number of nitrogens with two attached hydrogens (primary N) is 1. The number of ether oxygens (including phenoxy) is 1. The second kappa shape index (κ2) is 5.16. The second-order valence-corrected chi connectivity index (χ2v) is 4.66. The average molecular weight is 269 g/mol. The summed E-state index contributed by atoms with van der Waals surface area (Å²) in [7, 11) is 0. The maximum absolute atomic E-state index is 11.7. The maximum Gasteiger partial charge on any atom is 0.338 e. The molecule has 1 aromatic carbocycles. The van der Waals surface area contributed by atoms with E-state index in [-0.39, 0.29) is 6.61 Å². The van der Waals surface area contributed by atoms with Gasteiger partial charge >= 0.3 is 5.97 Å². The number of benzene rings is 1. The van der Waals surface area contributed by atoms with E-state index in [1.807, 2.05) is 0 Å². The van der Waals surface area contributed by atoms with Gasteiger partial charge < -0.3 is 10.5 Å². The number of nitrogens with zero attached hydrogens (tertiary/aromatic N) is 1. The molecule has 17 heavy (non-hydrogen) atoms. The van der Waals surface area contributed by atoms with E-state index in [1.165, 1.54) is 17.4 Å². The van der Waals surface area contributed by atoms with E-state index in [4.69, 9.17) is 22.1 Å². The van der Waals surface area contributed by atoms with Crippen LogP contribution in [-0.4, -0.2) is 11.0 Å². The van der Waals surface area contributed by atoms with Gasteiger partial charge in [0.1, 0.15) is 6.61 Å². The molecular formula is C11H9ClN2O2S. The van der Waals surface area contributed by atoms with Crippen LogP contribution >= 0.6 is 22.9 Å². The molecule has 0 spiro atoms. The van der Waals surface area contributed by atoms with Crippen LogP contribution in [0.2, 0.25) is 5.02 Å². The van der Waals surface area contributed by atoms with Gasteiger partial charge in [0, 0.05) is 6.20 Å². The first-order valence-corrected chi connectivity index (χ1v) is 6.02. The van der Waals surface area contributed by atoms with Gasteiger partial charge in [-0.25, -0.2) is 4.79 Å².